The van der Waals surface area contributed by atoms with Crippen LogP contribution < -0.4 is 10.6 Å². The molecule has 114 valence electrons. The third-order valence-electron chi connectivity index (χ3n) is 6.17. The van der Waals surface area contributed by atoms with E-state index in [-0.39, 0.29) is 0 Å². The molecule has 4 atom stereocenters. The van der Waals surface area contributed by atoms with Gasteiger partial charge in [0.25, 0.3) is 0 Å². The Morgan fingerprint density at radius 2 is 1.80 bits per heavy atom. The van der Waals surface area contributed by atoms with Crippen molar-refractivity contribution in [3.63, 3.8) is 0 Å². The van der Waals surface area contributed by atoms with E-state index in [4.69, 9.17) is 0 Å². The molecule has 4 aliphatic rings. The molecule has 0 aromatic carbocycles. The van der Waals surface area contributed by atoms with E-state index in [9.17, 15) is 0 Å². The number of hydrogen-bond acceptors (Lipinski definition) is 3. The second kappa shape index (κ2) is 5.94. The van der Waals surface area contributed by atoms with Crippen LogP contribution in [0.5, 0.6) is 0 Å². The van der Waals surface area contributed by atoms with E-state index in [2.05, 4.69) is 15.5 Å². The molecular formula is C17H31N3. The van der Waals surface area contributed by atoms with Crippen LogP contribution in [0.2, 0.25) is 0 Å². The maximum absolute atomic E-state index is 4.08. The van der Waals surface area contributed by atoms with Crippen molar-refractivity contribution in [2.24, 2.45) is 5.92 Å². The number of likely N-dealkylation sites (tertiary alicyclic amines) is 1. The van der Waals surface area contributed by atoms with Gasteiger partial charge in [-0.15, -0.1) is 0 Å². The first-order valence-electron chi connectivity index (χ1n) is 9.13. The maximum Gasteiger partial charge on any atom is 0.0210 e. The van der Waals surface area contributed by atoms with Gasteiger partial charge in [-0.05, 0) is 57.4 Å². The van der Waals surface area contributed by atoms with Gasteiger partial charge < -0.3 is 10.6 Å². The van der Waals surface area contributed by atoms with E-state index < -0.39 is 0 Å². The minimum Gasteiger partial charge on any atom is -0.314 e. The molecule has 4 fully saturated rings. The summed E-state index contributed by atoms with van der Waals surface area (Å²) in [5.74, 6) is 0.904. The number of nitrogens with one attached hydrogen (secondary N) is 2. The van der Waals surface area contributed by atoms with Crippen LogP contribution in [0.15, 0.2) is 0 Å². The fourth-order valence-corrected chi connectivity index (χ4v) is 4.92. The highest BCUT2D eigenvalue weighted by molar-refractivity contribution is 4.96. The molecule has 2 aliphatic carbocycles. The Bertz CT molecular complexity index is 322. The first-order chi connectivity index (χ1) is 9.90. The Hall–Kier alpha value is -0.120. The molecule has 3 heteroatoms. The van der Waals surface area contributed by atoms with Crippen LogP contribution >= 0.6 is 0 Å². The number of hydrogen-bond donors (Lipinski definition) is 2. The van der Waals surface area contributed by atoms with Crippen LogP contribution in [0, 0.1) is 5.92 Å². The van der Waals surface area contributed by atoms with Gasteiger partial charge in [-0.1, -0.05) is 12.8 Å². The first-order valence-corrected chi connectivity index (χ1v) is 9.13. The van der Waals surface area contributed by atoms with Gasteiger partial charge in [0.15, 0.2) is 0 Å². The number of rotatable bonds is 4. The number of nitrogens with zero attached hydrogens (tertiary/aromatic N) is 1. The Morgan fingerprint density at radius 1 is 0.900 bits per heavy atom. The second-order valence-corrected chi connectivity index (χ2v) is 7.64. The molecule has 0 aromatic rings. The molecule has 20 heavy (non-hydrogen) atoms. The molecule has 2 saturated heterocycles. The Labute approximate surface area is 123 Å². The van der Waals surface area contributed by atoms with Crippen molar-refractivity contribution >= 4 is 0 Å². The summed E-state index contributed by atoms with van der Waals surface area (Å²) in [7, 11) is 0. The van der Waals surface area contributed by atoms with Gasteiger partial charge in [0.2, 0.25) is 0 Å². The topological polar surface area (TPSA) is 27.3 Å². The van der Waals surface area contributed by atoms with Gasteiger partial charge in [0.05, 0.1) is 0 Å². The Kier molecular flexibility index (Phi) is 4.02. The molecule has 0 spiro atoms. The standard InChI is InChI=1S/C17H31N3/c1-2-5-17(15(4-1)16-6-3-10-18-16)19-13-9-11-20(12-13)14-7-8-14/h13-19H,1-12H2. The molecule has 0 bridgehead atoms. The molecule has 2 N–H and O–H groups in total. The highest BCUT2D eigenvalue weighted by Crippen LogP contribution is 2.33. The highest BCUT2D eigenvalue weighted by Gasteiger charge is 2.38. The van der Waals surface area contributed by atoms with Gasteiger partial charge in [-0.25, -0.2) is 0 Å². The minimum absolute atomic E-state index is 0.780. The third kappa shape index (κ3) is 2.90. The zero-order chi connectivity index (χ0) is 13.4. The second-order valence-electron chi connectivity index (χ2n) is 7.64. The first kappa shape index (κ1) is 13.5. The van der Waals surface area contributed by atoms with Gasteiger partial charge >= 0.3 is 0 Å². The summed E-state index contributed by atoms with van der Waals surface area (Å²) in [6, 6.07) is 3.35. The van der Waals surface area contributed by atoms with E-state index in [0.717, 1.165) is 30.1 Å². The lowest BCUT2D eigenvalue weighted by Gasteiger charge is -2.38. The molecule has 3 nitrogen and oxygen atoms in total. The van der Waals surface area contributed by atoms with Crippen molar-refractivity contribution in [3.8, 4) is 0 Å². The van der Waals surface area contributed by atoms with Crippen LogP contribution in [-0.4, -0.2) is 48.7 Å². The van der Waals surface area contributed by atoms with E-state index in [1.807, 2.05) is 0 Å². The predicted molar refractivity (Wildman–Crippen MR) is 82.9 cm³/mol. The normalized spacial score (nSPS) is 43.2. The van der Waals surface area contributed by atoms with Crippen molar-refractivity contribution in [2.45, 2.75) is 82.0 Å². The molecule has 2 aliphatic heterocycles. The van der Waals surface area contributed by atoms with E-state index in [0.29, 0.717) is 0 Å². The van der Waals surface area contributed by atoms with Crippen molar-refractivity contribution in [2.75, 3.05) is 19.6 Å². The Balaban J connectivity index is 1.33. The lowest BCUT2D eigenvalue weighted by Crippen LogP contribution is -2.50. The van der Waals surface area contributed by atoms with Crippen LogP contribution in [0.3, 0.4) is 0 Å². The van der Waals surface area contributed by atoms with Crippen molar-refractivity contribution < 1.29 is 0 Å². The van der Waals surface area contributed by atoms with Gasteiger partial charge in [-0.2, -0.15) is 0 Å². The molecular weight excluding hydrogens is 246 g/mol. The minimum atomic E-state index is 0.780. The SMILES string of the molecule is C1CNC(C2CCCCC2NC2CCN(C3CC3)C2)C1. The summed E-state index contributed by atoms with van der Waals surface area (Å²) in [5.41, 5.74) is 0. The van der Waals surface area contributed by atoms with Crippen LogP contribution in [0.4, 0.5) is 0 Å². The average Bonchev–Trinajstić information content (AvgIpc) is 3.00. The van der Waals surface area contributed by atoms with Crippen molar-refractivity contribution in [1.82, 2.24) is 15.5 Å². The third-order valence-corrected chi connectivity index (χ3v) is 6.17. The zero-order valence-electron chi connectivity index (χ0n) is 12.8. The van der Waals surface area contributed by atoms with Crippen molar-refractivity contribution in [1.29, 1.82) is 0 Å². The summed E-state index contributed by atoms with van der Waals surface area (Å²) >= 11 is 0. The Morgan fingerprint density at radius 3 is 2.60 bits per heavy atom. The fraction of sp³-hybridized carbons (Fsp3) is 1.00. The monoisotopic (exact) mass is 277 g/mol. The average molecular weight is 277 g/mol. The highest BCUT2D eigenvalue weighted by atomic mass is 15.2. The van der Waals surface area contributed by atoms with Gasteiger partial charge in [0, 0.05) is 37.3 Å². The smallest absolute Gasteiger partial charge is 0.0210 e. The summed E-state index contributed by atoms with van der Waals surface area (Å²) < 4.78 is 0. The molecule has 0 aromatic heterocycles. The van der Waals surface area contributed by atoms with Crippen molar-refractivity contribution in [3.05, 3.63) is 0 Å². The lowest BCUT2D eigenvalue weighted by molar-refractivity contribution is 0.198. The quantitative estimate of drug-likeness (QED) is 0.824. The van der Waals surface area contributed by atoms with Gasteiger partial charge in [0.1, 0.15) is 0 Å². The molecule has 2 heterocycles. The van der Waals surface area contributed by atoms with Gasteiger partial charge in [-0.3, -0.25) is 4.90 Å². The van der Waals surface area contributed by atoms with E-state index >= 15 is 0 Å². The van der Waals surface area contributed by atoms with E-state index in [1.54, 1.807) is 0 Å². The fourth-order valence-electron chi connectivity index (χ4n) is 4.92. The molecule has 4 rings (SSSR count). The molecule has 0 radical (unpaired) electrons. The van der Waals surface area contributed by atoms with Crippen LogP contribution in [0.1, 0.15) is 57.8 Å². The maximum atomic E-state index is 4.08. The summed E-state index contributed by atoms with van der Waals surface area (Å²) in [6.07, 6.45) is 12.9. The molecule has 4 unspecified atom stereocenters. The zero-order valence-corrected chi connectivity index (χ0v) is 12.8. The molecule has 0 amide bonds. The summed E-state index contributed by atoms with van der Waals surface area (Å²) in [4.78, 5) is 2.74. The predicted octanol–water partition coefficient (Wildman–Crippen LogP) is 2.12. The summed E-state index contributed by atoms with van der Waals surface area (Å²) in [6.45, 7) is 3.93. The van der Waals surface area contributed by atoms with Crippen LogP contribution in [-0.2, 0) is 0 Å². The van der Waals surface area contributed by atoms with Crippen LogP contribution in [0.25, 0.3) is 0 Å². The summed E-state index contributed by atoms with van der Waals surface area (Å²) in [5, 5.41) is 7.84. The lowest BCUT2D eigenvalue weighted by atomic mass is 9.79. The van der Waals surface area contributed by atoms with E-state index in [1.165, 1.54) is 77.4 Å². The molecule has 2 saturated carbocycles. The largest absolute Gasteiger partial charge is 0.314 e.